The van der Waals surface area contributed by atoms with E-state index >= 15 is 0 Å². The molecule has 33 heavy (non-hydrogen) atoms. The van der Waals surface area contributed by atoms with Crippen LogP contribution < -0.4 is 4.74 Å². The average Bonchev–Trinajstić information content (AvgIpc) is 3.32. The maximum atomic E-state index is 6.01. The SMILES string of the molecule is CCCCCCCc1ccc(COc2ccc(-c3nnc(CCCCCCC)s3)cc2)cc1. The van der Waals surface area contributed by atoms with E-state index < -0.39 is 0 Å². The predicted octanol–water partition coefficient (Wildman–Crippen LogP) is 8.81. The summed E-state index contributed by atoms with van der Waals surface area (Å²) in [6.45, 7) is 5.11. The van der Waals surface area contributed by atoms with Crippen molar-refractivity contribution >= 4 is 11.3 Å². The Morgan fingerprint density at radius 3 is 1.91 bits per heavy atom. The summed E-state index contributed by atoms with van der Waals surface area (Å²) in [6, 6.07) is 17.1. The number of rotatable bonds is 16. The van der Waals surface area contributed by atoms with Crippen molar-refractivity contribution in [3.8, 4) is 16.3 Å². The first-order chi connectivity index (χ1) is 16.3. The van der Waals surface area contributed by atoms with E-state index in [4.69, 9.17) is 4.74 Å². The molecule has 0 atom stereocenters. The Labute approximate surface area is 204 Å². The van der Waals surface area contributed by atoms with E-state index in [9.17, 15) is 0 Å². The van der Waals surface area contributed by atoms with Crippen LogP contribution in [-0.2, 0) is 19.4 Å². The first kappa shape index (κ1) is 25.4. The van der Waals surface area contributed by atoms with Crippen LogP contribution >= 0.6 is 11.3 Å². The van der Waals surface area contributed by atoms with E-state index in [1.807, 2.05) is 12.1 Å². The third kappa shape index (κ3) is 9.29. The van der Waals surface area contributed by atoms with Gasteiger partial charge in [-0.15, -0.1) is 10.2 Å². The lowest BCUT2D eigenvalue weighted by molar-refractivity contribution is 0.306. The Morgan fingerprint density at radius 1 is 0.636 bits per heavy atom. The van der Waals surface area contributed by atoms with Crippen LogP contribution in [0.2, 0.25) is 0 Å². The number of ether oxygens (including phenoxy) is 1. The zero-order chi connectivity index (χ0) is 23.1. The van der Waals surface area contributed by atoms with E-state index in [0.717, 1.165) is 27.7 Å². The molecule has 0 N–H and O–H groups in total. The van der Waals surface area contributed by atoms with Crippen molar-refractivity contribution in [2.75, 3.05) is 0 Å². The van der Waals surface area contributed by atoms with Gasteiger partial charge < -0.3 is 4.74 Å². The van der Waals surface area contributed by atoms with Crippen molar-refractivity contribution in [2.24, 2.45) is 0 Å². The van der Waals surface area contributed by atoms with Gasteiger partial charge in [0.1, 0.15) is 22.4 Å². The van der Waals surface area contributed by atoms with Gasteiger partial charge in [0.05, 0.1) is 0 Å². The number of aryl methyl sites for hydroxylation is 2. The summed E-state index contributed by atoms with van der Waals surface area (Å²) in [5.41, 5.74) is 3.75. The molecule has 2 aromatic carbocycles. The third-order valence-corrected chi connectivity index (χ3v) is 7.09. The largest absolute Gasteiger partial charge is 0.489 e. The zero-order valence-corrected chi connectivity index (χ0v) is 21.3. The second kappa shape index (κ2) is 14.8. The standard InChI is InChI=1S/C29H40N2OS/c1-3-5-7-9-11-13-24-15-17-25(18-16-24)23-32-27-21-19-26(20-22-27)29-31-30-28(33-29)14-12-10-8-6-4-2/h15-22H,3-14,23H2,1-2H3. The molecule has 0 radical (unpaired) electrons. The van der Waals surface area contributed by atoms with Crippen LogP contribution in [0, 0.1) is 0 Å². The number of aromatic nitrogens is 2. The van der Waals surface area contributed by atoms with Crippen LogP contribution in [0.25, 0.3) is 10.6 Å². The zero-order valence-electron chi connectivity index (χ0n) is 20.5. The third-order valence-electron chi connectivity index (χ3n) is 6.06. The summed E-state index contributed by atoms with van der Waals surface area (Å²) in [4.78, 5) is 0. The Kier molecular flexibility index (Phi) is 11.4. The van der Waals surface area contributed by atoms with Crippen LogP contribution in [0.3, 0.4) is 0 Å². The quantitative estimate of drug-likeness (QED) is 0.199. The minimum Gasteiger partial charge on any atom is -0.489 e. The fraction of sp³-hybridized carbons (Fsp3) is 0.517. The molecule has 1 heterocycles. The molecule has 3 nitrogen and oxygen atoms in total. The molecule has 3 rings (SSSR count). The molecule has 0 saturated carbocycles. The van der Waals surface area contributed by atoms with Crippen molar-refractivity contribution < 1.29 is 4.74 Å². The lowest BCUT2D eigenvalue weighted by Crippen LogP contribution is -1.96. The molecule has 1 aromatic heterocycles. The van der Waals surface area contributed by atoms with Crippen molar-refractivity contribution in [3.05, 3.63) is 64.7 Å². The van der Waals surface area contributed by atoms with Gasteiger partial charge in [0.2, 0.25) is 0 Å². The normalized spacial score (nSPS) is 11.1. The topological polar surface area (TPSA) is 35.0 Å². The predicted molar refractivity (Wildman–Crippen MR) is 141 cm³/mol. The van der Waals surface area contributed by atoms with Gasteiger partial charge in [-0.3, -0.25) is 0 Å². The molecule has 0 saturated heterocycles. The van der Waals surface area contributed by atoms with Crippen molar-refractivity contribution in [2.45, 2.75) is 97.5 Å². The number of hydrogen-bond donors (Lipinski definition) is 0. The maximum Gasteiger partial charge on any atom is 0.147 e. The highest BCUT2D eigenvalue weighted by atomic mass is 32.1. The summed E-state index contributed by atoms with van der Waals surface area (Å²) in [7, 11) is 0. The van der Waals surface area contributed by atoms with E-state index in [1.165, 1.54) is 81.8 Å². The van der Waals surface area contributed by atoms with Gasteiger partial charge in [0.15, 0.2) is 0 Å². The van der Waals surface area contributed by atoms with E-state index in [2.05, 4.69) is 60.4 Å². The molecule has 4 heteroatoms. The van der Waals surface area contributed by atoms with Crippen molar-refractivity contribution in [3.63, 3.8) is 0 Å². The summed E-state index contributed by atoms with van der Waals surface area (Å²) in [5.74, 6) is 0.888. The molecule has 0 aliphatic rings. The maximum absolute atomic E-state index is 6.01. The smallest absolute Gasteiger partial charge is 0.147 e. The second-order valence-corrected chi connectivity index (χ2v) is 10.0. The summed E-state index contributed by atoms with van der Waals surface area (Å²) >= 11 is 1.71. The van der Waals surface area contributed by atoms with Gasteiger partial charge in [-0.25, -0.2) is 0 Å². The van der Waals surface area contributed by atoms with Crippen LogP contribution in [0.1, 0.15) is 94.2 Å². The fourth-order valence-electron chi connectivity index (χ4n) is 3.95. The van der Waals surface area contributed by atoms with Crippen molar-refractivity contribution in [1.82, 2.24) is 10.2 Å². The summed E-state index contributed by atoms with van der Waals surface area (Å²) in [6.07, 6.45) is 15.3. The highest BCUT2D eigenvalue weighted by Crippen LogP contribution is 2.26. The van der Waals surface area contributed by atoms with Crippen LogP contribution in [0.5, 0.6) is 5.75 Å². The second-order valence-electron chi connectivity index (χ2n) is 8.96. The molecule has 0 bridgehead atoms. The number of unbranched alkanes of at least 4 members (excludes halogenated alkanes) is 8. The molecule has 0 fully saturated rings. The molecule has 0 aliphatic carbocycles. The van der Waals surface area contributed by atoms with Crippen LogP contribution in [0.4, 0.5) is 0 Å². The summed E-state index contributed by atoms with van der Waals surface area (Å²) < 4.78 is 6.01. The van der Waals surface area contributed by atoms with Crippen molar-refractivity contribution in [1.29, 1.82) is 0 Å². The van der Waals surface area contributed by atoms with Gasteiger partial charge in [-0.2, -0.15) is 0 Å². The van der Waals surface area contributed by atoms with Crippen LogP contribution in [-0.4, -0.2) is 10.2 Å². The molecule has 178 valence electrons. The Morgan fingerprint density at radius 2 is 1.24 bits per heavy atom. The molecule has 0 aliphatic heterocycles. The Hall–Kier alpha value is -2.20. The summed E-state index contributed by atoms with van der Waals surface area (Å²) in [5, 5.41) is 10.9. The molecular formula is C29H40N2OS. The first-order valence-electron chi connectivity index (χ1n) is 12.9. The minimum atomic E-state index is 0.594. The fourth-order valence-corrected chi connectivity index (χ4v) is 4.83. The highest BCUT2D eigenvalue weighted by Gasteiger charge is 2.07. The molecule has 3 aromatic rings. The minimum absolute atomic E-state index is 0.594. The number of nitrogens with zero attached hydrogens (tertiary/aromatic N) is 2. The molecule has 0 unspecified atom stereocenters. The monoisotopic (exact) mass is 464 g/mol. The number of hydrogen-bond acceptors (Lipinski definition) is 4. The lowest BCUT2D eigenvalue weighted by atomic mass is 10.0. The van der Waals surface area contributed by atoms with E-state index in [-0.39, 0.29) is 0 Å². The van der Waals surface area contributed by atoms with Gasteiger partial charge in [0.25, 0.3) is 0 Å². The Bertz CT molecular complexity index is 902. The van der Waals surface area contributed by atoms with Gasteiger partial charge in [0, 0.05) is 12.0 Å². The molecule has 0 amide bonds. The number of benzene rings is 2. The molecule has 0 spiro atoms. The first-order valence-corrected chi connectivity index (χ1v) is 13.7. The van der Waals surface area contributed by atoms with E-state index in [0.29, 0.717) is 6.61 Å². The van der Waals surface area contributed by atoms with Gasteiger partial charge in [-0.1, -0.05) is 101 Å². The van der Waals surface area contributed by atoms with Gasteiger partial charge >= 0.3 is 0 Å². The lowest BCUT2D eigenvalue weighted by Gasteiger charge is -2.08. The Balaban J connectivity index is 1.41. The van der Waals surface area contributed by atoms with E-state index in [1.54, 1.807) is 11.3 Å². The highest BCUT2D eigenvalue weighted by molar-refractivity contribution is 7.14. The average molecular weight is 465 g/mol. The van der Waals surface area contributed by atoms with Crippen LogP contribution in [0.15, 0.2) is 48.5 Å². The molecular weight excluding hydrogens is 424 g/mol. The van der Waals surface area contributed by atoms with Gasteiger partial charge in [-0.05, 0) is 54.7 Å².